The number of nitrogens with zero attached hydrogens (tertiary/aromatic N) is 2. The molecule has 6 nitrogen and oxygen atoms in total. The highest BCUT2D eigenvalue weighted by Crippen LogP contribution is 2.36. The van der Waals surface area contributed by atoms with Gasteiger partial charge in [0, 0.05) is 17.6 Å². The smallest absolute Gasteiger partial charge is 0.335 e. The van der Waals surface area contributed by atoms with E-state index in [4.69, 9.17) is 5.11 Å². The zero-order valence-electron chi connectivity index (χ0n) is 8.77. The van der Waals surface area contributed by atoms with Gasteiger partial charge in [0.2, 0.25) is 0 Å². The Hall–Kier alpha value is -1.93. The third-order valence-electron chi connectivity index (χ3n) is 2.01. The van der Waals surface area contributed by atoms with Crippen molar-refractivity contribution in [3.63, 3.8) is 0 Å². The van der Waals surface area contributed by atoms with E-state index in [1.807, 2.05) is 0 Å². The summed E-state index contributed by atoms with van der Waals surface area (Å²) < 4.78 is 0.668. The Morgan fingerprint density at radius 2 is 2.28 bits per heavy atom. The molecule has 0 fully saturated rings. The van der Waals surface area contributed by atoms with Gasteiger partial charge in [0.25, 0.3) is 5.69 Å². The maximum absolute atomic E-state index is 10.9. The molecule has 0 atom stereocenters. The summed E-state index contributed by atoms with van der Waals surface area (Å²) in [5.41, 5.74) is -0.333. The first kappa shape index (κ1) is 12.5. The lowest BCUT2D eigenvalue weighted by Crippen LogP contribution is -1.99. The predicted molar refractivity (Wildman–Crippen MR) is 66.3 cm³/mol. The fourth-order valence-corrected chi connectivity index (χ4v) is 2.90. The van der Waals surface area contributed by atoms with Crippen LogP contribution in [0.25, 0.3) is 0 Å². The monoisotopic (exact) mass is 282 g/mol. The first-order valence-electron chi connectivity index (χ1n) is 4.67. The second-order valence-electron chi connectivity index (χ2n) is 3.14. The van der Waals surface area contributed by atoms with Crippen molar-refractivity contribution < 1.29 is 14.8 Å². The molecule has 0 aliphatic rings. The fourth-order valence-electron chi connectivity index (χ4n) is 1.23. The summed E-state index contributed by atoms with van der Waals surface area (Å²) in [5.74, 6) is -1.19. The highest BCUT2D eigenvalue weighted by Gasteiger charge is 2.18. The second kappa shape index (κ2) is 5.15. The lowest BCUT2D eigenvalue weighted by molar-refractivity contribution is -0.387. The van der Waals surface area contributed by atoms with Gasteiger partial charge in [-0.25, -0.2) is 9.78 Å². The van der Waals surface area contributed by atoms with Crippen molar-refractivity contribution >= 4 is 34.8 Å². The highest BCUT2D eigenvalue weighted by molar-refractivity contribution is 8.01. The standard InChI is InChI=1S/C10H6N2O4S2/c13-9(14)6-1-2-8(7(5-6)12(15)16)18-10-11-3-4-17-10/h1-5H,(H,13,14). The van der Waals surface area contributed by atoms with Gasteiger partial charge in [-0.05, 0) is 12.1 Å². The van der Waals surface area contributed by atoms with E-state index in [0.29, 0.717) is 9.24 Å². The fraction of sp³-hybridized carbons (Fsp3) is 0. The molecule has 0 unspecified atom stereocenters. The first-order valence-corrected chi connectivity index (χ1v) is 6.36. The summed E-state index contributed by atoms with van der Waals surface area (Å²) in [5, 5.41) is 21.5. The van der Waals surface area contributed by atoms with Crippen LogP contribution in [-0.4, -0.2) is 21.0 Å². The van der Waals surface area contributed by atoms with Crippen molar-refractivity contribution in [1.82, 2.24) is 4.98 Å². The molecule has 0 bridgehead atoms. The van der Waals surface area contributed by atoms with Gasteiger partial charge < -0.3 is 5.11 Å². The van der Waals surface area contributed by atoms with Gasteiger partial charge in [-0.1, -0.05) is 11.8 Å². The molecule has 8 heteroatoms. The van der Waals surface area contributed by atoms with Gasteiger partial charge in [-0.2, -0.15) is 0 Å². The number of rotatable bonds is 4. The Kier molecular flexibility index (Phi) is 3.58. The van der Waals surface area contributed by atoms with Crippen LogP contribution in [0.15, 0.2) is 39.0 Å². The molecule has 0 radical (unpaired) electrons. The molecule has 1 aromatic heterocycles. The Bertz CT molecular complexity index is 598. The molecule has 1 heterocycles. The number of aromatic nitrogens is 1. The van der Waals surface area contributed by atoms with Crippen LogP contribution in [0.4, 0.5) is 5.69 Å². The van der Waals surface area contributed by atoms with Gasteiger partial charge in [0.15, 0.2) is 4.34 Å². The summed E-state index contributed by atoms with van der Waals surface area (Å²) in [6, 6.07) is 3.82. The first-order chi connectivity index (χ1) is 8.58. The van der Waals surface area contributed by atoms with Gasteiger partial charge >= 0.3 is 5.97 Å². The van der Waals surface area contributed by atoms with E-state index in [1.165, 1.54) is 23.5 Å². The predicted octanol–water partition coefficient (Wildman–Crippen LogP) is 2.90. The van der Waals surface area contributed by atoms with Crippen LogP contribution in [0.2, 0.25) is 0 Å². The Morgan fingerprint density at radius 1 is 1.50 bits per heavy atom. The molecule has 1 aromatic carbocycles. The molecule has 0 saturated heterocycles. The maximum atomic E-state index is 10.9. The largest absolute Gasteiger partial charge is 0.478 e. The highest BCUT2D eigenvalue weighted by atomic mass is 32.2. The average molecular weight is 282 g/mol. The average Bonchev–Trinajstić information content (AvgIpc) is 2.81. The third-order valence-corrected chi connectivity index (χ3v) is 3.96. The van der Waals surface area contributed by atoms with Crippen LogP contribution in [0.3, 0.4) is 0 Å². The molecule has 0 aliphatic heterocycles. The topological polar surface area (TPSA) is 93.3 Å². The maximum Gasteiger partial charge on any atom is 0.335 e. The quantitative estimate of drug-likeness (QED) is 0.684. The minimum atomic E-state index is -1.19. The molecular weight excluding hydrogens is 276 g/mol. The zero-order valence-corrected chi connectivity index (χ0v) is 10.4. The van der Waals surface area contributed by atoms with Crippen LogP contribution < -0.4 is 0 Å². The molecule has 0 spiro atoms. The number of aromatic carboxylic acids is 1. The van der Waals surface area contributed by atoms with Crippen molar-refractivity contribution in [2.24, 2.45) is 0 Å². The second-order valence-corrected chi connectivity index (χ2v) is 5.33. The van der Waals surface area contributed by atoms with Crippen molar-refractivity contribution in [2.45, 2.75) is 9.24 Å². The van der Waals surface area contributed by atoms with Crippen LogP contribution in [0.5, 0.6) is 0 Å². The number of carboxylic acids is 1. The minimum absolute atomic E-state index is 0.106. The molecular formula is C10H6N2O4S2. The van der Waals surface area contributed by atoms with Crippen LogP contribution >= 0.6 is 23.1 Å². The van der Waals surface area contributed by atoms with Gasteiger partial charge in [0.1, 0.15) is 0 Å². The normalized spacial score (nSPS) is 10.2. The van der Waals surface area contributed by atoms with E-state index in [0.717, 1.165) is 17.8 Å². The molecule has 2 rings (SSSR count). The summed E-state index contributed by atoms with van der Waals surface area (Å²) in [6.07, 6.45) is 1.60. The lowest BCUT2D eigenvalue weighted by atomic mass is 10.2. The summed E-state index contributed by atoms with van der Waals surface area (Å²) in [4.78, 5) is 25.5. The number of nitro groups is 1. The Balaban J connectivity index is 2.40. The lowest BCUT2D eigenvalue weighted by Gasteiger charge is -2.01. The van der Waals surface area contributed by atoms with Crippen LogP contribution in [-0.2, 0) is 0 Å². The van der Waals surface area contributed by atoms with E-state index in [-0.39, 0.29) is 11.3 Å². The number of hydrogen-bond acceptors (Lipinski definition) is 6. The molecule has 2 aromatic rings. The molecule has 1 N–H and O–H groups in total. The number of thiazole rings is 1. The van der Waals surface area contributed by atoms with Crippen LogP contribution in [0, 0.1) is 10.1 Å². The molecule has 18 heavy (non-hydrogen) atoms. The molecule has 0 amide bonds. The third kappa shape index (κ3) is 2.66. The van der Waals surface area contributed by atoms with E-state index in [1.54, 1.807) is 11.6 Å². The van der Waals surface area contributed by atoms with E-state index >= 15 is 0 Å². The molecule has 0 aliphatic carbocycles. The van der Waals surface area contributed by atoms with Gasteiger partial charge in [-0.15, -0.1) is 11.3 Å². The number of carbonyl (C=O) groups is 1. The molecule has 0 saturated carbocycles. The Labute approximate surface area is 109 Å². The van der Waals surface area contributed by atoms with E-state index in [9.17, 15) is 14.9 Å². The summed E-state index contributed by atoms with van der Waals surface area (Å²) >= 11 is 2.50. The Morgan fingerprint density at radius 3 is 2.83 bits per heavy atom. The summed E-state index contributed by atoms with van der Waals surface area (Å²) in [7, 11) is 0. The summed E-state index contributed by atoms with van der Waals surface area (Å²) in [6.45, 7) is 0. The van der Waals surface area contributed by atoms with E-state index in [2.05, 4.69) is 4.98 Å². The van der Waals surface area contributed by atoms with Crippen molar-refractivity contribution in [3.05, 3.63) is 45.5 Å². The zero-order chi connectivity index (χ0) is 13.1. The minimum Gasteiger partial charge on any atom is -0.478 e. The number of benzene rings is 1. The van der Waals surface area contributed by atoms with Crippen molar-refractivity contribution in [1.29, 1.82) is 0 Å². The van der Waals surface area contributed by atoms with Crippen molar-refractivity contribution in [2.75, 3.05) is 0 Å². The van der Waals surface area contributed by atoms with Crippen molar-refractivity contribution in [3.8, 4) is 0 Å². The number of carboxylic acid groups (broad SMARTS) is 1. The number of hydrogen-bond donors (Lipinski definition) is 1. The van der Waals surface area contributed by atoms with Gasteiger partial charge in [-0.3, -0.25) is 10.1 Å². The SMILES string of the molecule is O=C(O)c1ccc(Sc2nccs2)c([N+](=O)[O-])c1. The van der Waals surface area contributed by atoms with Gasteiger partial charge in [0.05, 0.1) is 15.4 Å². The number of nitro benzene ring substituents is 1. The molecule has 92 valence electrons. The van der Waals surface area contributed by atoms with Crippen LogP contribution in [0.1, 0.15) is 10.4 Å². The van der Waals surface area contributed by atoms with E-state index < -0.39 is 10.9 Å².